The summed E-state index contributed by atoms with van der Waals surface area (Å²) in [5.74, 6) is -0.512. The van der Waals surface area contributed by atoms with Gasteiger partial charge >= 0.3 is 5.97 Å². The van der Waals surface area contributed by atoms with Crippen molar-refractivity contribution in [1.82, 2.24) is 4.57 Å². The van der Waals surface area contributed by atoms with Crippen molar-refractivity contribution in [2.24, 2.45) is 4.99 Å². The van der Waals surface area contributed by atoms with Crippen molar-refractivity contribution in [2.45, 2.75) is 13.0 Å². The third-order valence-corrected chi connectivity index (χ3v) is 6.09. The summed E-state index contributed by atoms with van der Waals surface area (Å²) >= 11 is 7.25. The summed E-state index contributed by atoms with van der Waals surface area (Å²) in [5.41, 5.74) is 2.32. The van der Waals surface area contributed by atoms with Crippen LogP contribution in [0.1, 0.15) is 24.1 Å². The van der Waals surface area contributed by atoms with Gasteiger partial charge in [-0.15, -0.1) is 0 Å². The maximum atomic E-state index is 13.4. The van der Waals surface area contributed by atoms with Crippen molar-refractivity contribution in [2.75, 3.05) is 6.61 Å². The second kappa shape index (κ2) is 8.88. The Morgan fingerprint density at radius 2 is 1.94 bits per heavy atom. The number of hydrogen-bond donors (Lipinski definition) is 0. The minimum Gasteiger partial charge on any atom is -0.458 e. The zero-order valence-electron chi connectivity index (χ0n) is 16.7. The van der Waals surface area contributed by atoms with E-state index in [2.05, 4.69) is 11.6 Å². The Morgan fingerprint density at radius 3 is 2.61 bits per heavy atom. The Morgan fingerprint density at radius 1 is 1.23 bits per heavy atom. The van der Waals surface area contributed by atoms with Gasteiger partial charge in [0.25, 0.3) is 5.56 Å². The van der Waals surface area contributed by atoms with Crippen LogP contribution in [0.15, 0.2) is 88.3 Å². The molecule has 7 heteroatoms. The van der Waals surface area contributed by atoms with Crippen molar-refractivity contribution < 1.29 is 9.53 Å². The standard InChI is InChI=1S/C24H19ClN2O3S/c1-3-13-30-23(29)20-15(2)26-24-27(21(20)17-7-5-4-6-8-17)22(28)19(31-24)14-16-9-11-18(25)12-10-16/h3-12,14,21H,1,13H2,2H3/b19-14+. The number of fused-ring (bicyclic) bond motifs is 1. The van der Waals surface area contributed by atoms with Crippen LogP contribution in [0.25, 0.3) is 6.08 Å². The highest BCUT2D eigenvalue weighted by atomic mass is 35.5. The zero-order valence-corrected chi connectivity index (χ0v) is 18.3. The topological polar surface area (TPSA) is 60.7 Å². The molecule has 0 N–H and O–H groups in total. The van der Waals surface area contributed by atoms with E-state index in [1.807, 2.05) is 42.5 Å². The summed E-state index contributed by atoms with van der Waals surface area (Å²) in [7, 11) is 0. The van der Waals surface area contributed by atoms with Crippen molar-refractivity contribution in [1.29, 1.82) is 0 Å². The van der Waals surface area contributed by atoms with Gasteiger partial charge in [-0.1, -0.05) is 78.1 Å². The third kappa shape index (κ3) is 4.17. The molecular weight excluding hydrogens is 432 g/mol. The maximum Gasteiger partial charge on any atom is 0.338 e. The SMILES string of the molecule is C=CCOC(=O)C1=C(C)N=c2s/c(=C/c3ccc(Cl)cc3)c(=O)n2C1c1ccccc1. The van der Waals surface area contributed by atoms with Crippen LogP contribution < -0.4 is 14.9 Å². The number of ether oxygens (including phenoxy) is 1. The molecule has 0 saturated carbocycles. The predicted octanol–water partition coefficient (Wildman–Crippen LogP) is 3.62. The van der Waals surface area contributed by atoms with Gasteiger partial charge in [-0.05, 0) is 36.3 Å². The van der Waals surface area contributed by atoms with Crippen molar-refractivity contribution >= 4 is 35.0 Å². The van der Waals surface area contributed by atoms with E-state index in [4.69, 9.17) is 16.3 Å². The molecule has 31 heavy (non-hydrogen) atoms. The molecule has 1 aromatic heterocycles. The number of thiazole rings is 1. The molecule has 3 aromatic rings. The molecule has 1 aliphatic rings. The van der Waals surface area contributed by atoms with Gasteiger partial charge < -0.3 is 4.74 Å². The first-order valence-corrected chi connectivity index (χ1v) is 10.8. The molecule has 0 spiro atoms. The first-order chi connectivity index (χ1) is 15.0. The van der Waals surface area contributed by atoms with Crippen LogP contribution in [0.4, 0.5) is 0 Å². The van der Waals surface area contributed by atoms with Crippen LogP contribution in [0, 0.1) is 0 Å². The van der Waals surface area contributed by atoms with Crippen molar-refractivity contribution in [3.8, 4) is 0 Å². The number of rotatable bonds is 5. The largest absolute Gasteiger partial charge is 0.458 e. The number of allylic oxidation sites excluding steroid dienone is 1. The average Bonchev–Trinajstić information content (AvgIpc) is 3.07. The summed E-state index contributed by atoms with van der Waals surface area (Å²) in [4.78, 5) is 31.4. The van der Waals surface area contributed by atoms with E-state index in [0.29, 0.717) is 25.6 Å². The lowest BCUT2D eigenvalue weighted by Crippen LogP contribution is -2.39. The highest BCUT2D eigenvalue weighted by molar-refractivity contribution is 7.07. The fourth-order valence-electron chi connectivity index (χ4n) is 3.46. The molecule has 1 unspecified atom stereocenters. The maximum absolute atomic E-state index is 13.4. The number of nitrogens with zero attached hydrogens (tertiary/aromatic N) is 2. The van der Waals surface area contributed by atoms with Crippen LogP contribution >= 0.6 is 22.9 Å². The number of carbonyl (C=O) groups is 1. The fraction of sp³-hybridized carbons (Fsp3) is 0.125. The third-order valence-electron chi connectivity index (χ3n) is 4.86. The van der Waals surface area contributed by atoms with Gasteiger partial charge in [0.1, 0.15) is 6.61 Å². The predicted molar refractivity (Wildman–Crippen MR) is 123 cm³/mol. The van der Waals surface area contributed by atoms with Crippen LogP contribution in [0.2, 0.25) is 5.02 Å². The van der Waals surface area contributed by atoms with Gasteiger partial charge in [0, 0.05) is 5.02 Å². The quantitative estimate of drug-likeness (QED) is 0.440. The Kier molecular flexibility index (Phi) is 6.02. The number of carbonyl (C=O) groups excluding carboxylic acids is 1. The molecular formula is C24H19ClN2O3S. The molecule has 2 heterocycles. The van der Waals surface area contributed by atoms with E-state index in [-0.39, 0.29) is 12.2 Å². The molecule has 5 nitrogen and oxygen atoms in total. The summed E-state index contributed by atoms with van der Waals surface area (Å²) in [6.07, 6.45) is 3.31. The molecule has 1 aliphatic heterocycles. The summed E-state index contributed by atoms with van der Waals surface area (Å²) < 4.78 is 7.41. The molecule has 0 bridgehead atoms. The van der Waals surface area contributed by atoms with Crippen molar-refractivity contribution in [3.05, 3.63) is 114 Å². The molecule has 2 aromatic carbocycles. The monoisotopic (exact) mass is 450 g/mol. The molecule has 1 atom stereocenters. The van der Waals surface area contributed by atoms with E-state index >= 15 is 0 Å². The number of esters is 1. The Hall–Kier alpha value is -3.22. The lowest BCUT2D eigenvalue weighted by atomic mass is 9.96. The summed E-state index contributed by atoms with van der Waals surface area (Å²) in [5, 5.41) is 0.626. The van der Waals surface area contributed by atoms with Crippen molar-refractivity contribution in [3.63, 3.8) is 0 Å². The van der Waals surface area contributed by atoms with Gasteiger partial charge in [-0.2, -0.15) is 0 Å². The Bertz CT molecular complexity index is 1350. The number of hydrogen-bond acceptors (Lipinski definition) is 5. The second-order valence-electron chi connectivity index (χ2n) is 6.93. The van der Waals surface area contributed by atoms with E-state index in [1.54, 1.807) is 29.7 Å². The molecule has 156 valence electrons. The lowest BCUT2D eigenvalue weighted by Gasteiger charge is -2.24. The van der Waals surface area contributed by atoms with E-state index < -0.39 is 12.0 Å². The van der Waals surface area contributed by atoms with E-state index in [1.165, 1.54) is 17.4 Å². The van der Waals surface area contributed by atoms with Crippen LogP contribution in [-0.2, 0) is 9.53 Å². The van der Waals surface area contributed by atoms with Gasteiger partial charge in [0.2, 0.25) is 0 Å². The molecule has 0 amide bonds. The lowest BCUT2D eigenvalue weighted by molar-refractivity contribution is -0.138. The normalized spacial score (nSPS) is 15.9. The molecule has 0 aliphatic carbocycles. The second-order valence-corrected chi connectivity index (χ2v) is 8.38. The number of halogens is 1. The molecule has 0 saturated heterocycles. The average molecular weight is 451 g/mol. The highest BCUT2D eigenvalue weighted by Crippen LogP contribution is 2.30. The number of benzene rings is 2. The Balaban J connectivity index is 1.92. The van der Waals surface area contributed by atoms with Crippen LogP contribution in [0.5, 0.6) is 0 Å². The van der Waals surface area contributed by atoms with Gasteiger partial charge in [-0.25, -0.2) is 9.79 Å². The molecule has 0 radical (unpaired) electrons. The van der Waals surface area contributed by atoms with Crippen LogP contribution in [0.3, 0.4) is 0 Å². The van der Waals surface area contributed by atoms with E-state index in [0.717, 1.165) is 11.1 Å². The minimum atomic E-state index is -0.623. The summed E-state index contributed by atoms with van der Waals surface area (Å²) in [6, 6.07) is 16.0. The summed E-state index contributed by atoms with van der Waals surface area (Å²) in [6.45, 7) is 5.43. The molecule has 4 rings (SSSR count). The van der Waals surface area contributed by atoms with Gasteiger partial charge in [0.15, 0.2) is 4.80 Å². The highest BCUT2D eigenvalue weighted by Gasteiger charge is 2.33. The Labute approximate surface area is 187 Å². The van der Waals surface area contributed by atoms with E-state index in [9.17, 15) is 9.59 Å². The van der Waals surface area contributed by atoms with Gasteiger partial charge in [-0.3, -0.25) is 9.36 Å². The molecule has 0 fully saturated rings. The smallest absolute Gasteiger partial charge is 0.338 e. The van der Waals surface area contributed by atoms with Crippen LogP contribution in [-0.4, -0.2) is 17.1 Å². The first kappa shape index (κ1) is 21.0. The van der Waals surface area contributed by atoms with Gasteiger partial charge in [0.05, 0.1) is 21.8 Å². The number of aromatic nitrogens is 1. The minimum absolute atomic E-state index is 0.0815. The zero-order chi connectivity index (χ0) is 22.0. The first-order valence-electron chi connectivity index (χ1n) is 9.60. The fourth-order valence-corrected chi connectivity index (χ4v) is 4.63.